The number of alkyl carbamates (subject to hydrolysis) is 1. The van der Waals surface area contributed by atoms with Crippen molar-refractivity contribution in [3.63, 3.8) is 0 Å². The Morgan fingerprint density at radius 1 is 0.783 bits per heavy atom. The van der Waals surface area contributed by atoms with E-state index in [0.29, 0.717) is 32.1 Å². The van der Waals surface area contributed by atoms with Gasteiger partial charge < -0.3 is 58.5 Å². The average Bonchev–Trinajstić information content (AvgIpc) is 3.81. The summed E-state index contributed by atoms with van der Waals surface area (Å²) in [6, 6.07) is 0. The lowest BCUT2D eigenvalue weighted by Crippen LogP contribution is -2.61. The first kappa shape index (κ1) is 45.7. The first-order valence-corrected chi connectivity index (χ1v) is 22.3. The van der Waals surface area contributed by atoms with E-state index in [1.165, 1.54) is 0 Å². The van der Waals surface area contributed by atoms with Crippen molar-refractivity contribution >= 4 is 17.7 Å². The van der Waals surface area contributed by atoms with Gasteiger partial charge in [0.05, 0.1) is 67.1 Å². The summed E-state index contributed by atoms with van der Waals surface area (Å²) in [7, 11) is 1.58. The SMILES string of the molecule is C=C1CC2CCC(=O)CC3OC4C(O)C5OC(CCC5OC4C3O)CC(=O)CC3C(CC4OC(CCC1O2)CC(C)C4=C)OC(CC(O)CNC(=O)OC(C)(C)C)C3OC. The molecule has 15 nitrogen and oxygen atoms in total. The molecule has 8 bridgehead atoms. The zero-order valence-corrected chi connectivity index (χ0v) is 36.0. The van der Waals surface area contributed by atoms with Crippen LogP contribution >= 0.6 is 0 Å². The van der Waals surface area contributed by atoms with E-state index in [1.807, 2.05) is 0 Å². The van der Waals surface area contributed by atoms with Crippen molar-refractivity contribution in [2.45, 2.75) is 214 Å². The number of hydrogen-bond donors (Lipinski definition) is 4. The molecule has 0 aromatic rings. The number of aliphatic hydroxyl groups is 3. The molecule has 7 aliphatic heterocycles. The number of carbonyl (C=O) groups is 3. The van der Waals surface area contributed by atoms with Crippen molar-refractivity contribution in [1.29, 1.82) is 0 Å². The lowest BCUT2D eigenvalue weighted by Gasteiger charge is -2.46. The number of methoxy groups -OCH3 is 1. The van der Waals surface area contributed by atoms with Gasteiger partial charge in [0, 0.05) is 58.1 Å². The van der Waals surface area contributed by atoms with Gasteiger partial charge in [-0.3, -0.25) is 9.59 Å². The molecule has 0 aromatic heterocycles. The van der Waals surface area contributed by atoms with Gasteiger partial charge in [-0.1, -0.05) is 20.1 Å². The van der Waals surface area contributed by atoms with Crippen LogP contribution in [0.3, 0.4) is 0 Å². The Balaban J connectivity index is 1.09. The molecule has 0 saturated carbocycles. The van der Waals surface area contributed by atoms with Gasteiger partial charge in [-0.15, -0.1) is 0 Å². The molecule has 0 aromatic carbocycles. The number of ketones is 2. The first-order chi connectivity index (χ1) is 28.5. The second-order valence-electron chi connectivity index (χ2n) is 19.5. The third kappa shape index (κ3) is 10.7. The van der Waals surface area contributed by atoms with E-state index in [1.54, 1.807) is 27.9 Å². The van der Waals surface area contributed by atoms with E-state index in [0.717, 1.165) is 30.4 Å². The Morgan fingerprint density at radius 3 is 2.23 bits per heavy atom. The van der Waals surface area contributed by atoms with E-state index in [-0.39, 0.29) is 86.5 Å². The van der Waals surface area contributed by atoms with Crippen LogP contribution in [0.4, 0.5) is 4.79 Å². The summed E-state index contributed by atoms with van der Waals surface area (Å²) >= 11 is 0. The van der Waals surface area contributed by atoms with Crippen molar-refractivity contribution < 1.29 is 67.6 Å². The highest BCUT2D eigenvalue weighted by molar-refractivity contribution is 5.79. The fraction of sp³-hybridized carbons (Fsp3) is 0.844. The number of rotatable bonds is 5. The Bertz CT molecular complexity index is 1570. The number of ether oxygens (including phenoxy) is 8. The minimum absolute atomic E-state index is 0.00451. The molecule has 18 atom stereocenters. The van der Waals surface area contributed by atoms with Crippen LogP contribution in [0.2, 0.25) is 0 Å². The highest BCUT2D eigenvalue weighted by Gasteiger charge is 2.57. The maximum Gasteiger partial charge on any atom is 0.407 e. The van der Waals surface area contributed by atoms with E-state index < -0.39 is 84.9 Å². The molecule has 7 aliphatic rings. The summed E-state index contributed by atoms with van der Waals surface area (Å²) in [4.78, 5) is 39.6. The minimum Gasteiger partial charge on any atom is -0.444 e. The van der Waals surface area contributed by atoms with Gasteiger partial charge in [-0.05, 0) is 82.8 Å². The smallest absolute Gasteiger partial charge is 0.407 e. The number of hydrogen-bond acceptors (Lipinski definition) is 14. The predicted octanol–water partition coefficient (Wildman–Crippen LogP) is 3.80. The van der Waals surface area contributed by atoms with Crippen LogP contribution in [0.15, 0.2) is 24.3 Å². The second-order valence-corrected chi connectivity index (χ2v) is 19.5. The van der Waals surface area contributed by atoms with Crippen LogP contribution in [0.5, 0.6) is 0 Å². The monoisotopic (exact) mass is 847 g/mol. The van der Waals surface area contributed by atoms with Crippen molar-refractivity contribution in [3.05, 3.63) is 24.3 Å². The zero-order chi connectivity index (χ0) is 43.0. The largest absolute Gasteiger partial charge is 0.444 e. The zero-order valence-electron chi connectivity index (χ0n) is 36.0. The molecule has 1 amide bonds. The number of amides is 1. The molecule has 0 radical (unpaired) electrons. The lowest BCUT2D eigenvalue weighted by atomic mass is 9.81. The molecule has 7 saturated heterocycles. The third-order valence-corrected chi connectivity index (χ3v) is 13.8. The molecule has 0 aliphatic carbocycles. The van der Waals surface area contributed by atoms with Crippen LogP contribution < -0.4 is 5.32 Å². The van der Waals surface area contributed by atoms with Crippen LogP contribution in [0.1, 0.15) is 111 Å². The van der Waals surface area contributed by atoms with Crippen molar-refractivity contribution in [1.82, 2.24) is 5.32 Å². The minimum atomic E-state index is -1.12. The summed E-state index contributed by atoms with van der Waals surface area (Å²) in [5.74, 6) is -0.322. The van der Waals surface area contributed by atoms with E-state index >= 15 is 0 Å². The summed E-state index contributed by atoms with van der Waals surface area (Å²) in [6.07, 6.45) is -4.81. The molecule has 7 fully saturated rings. The average molecular weight is 848 g/mol. The summed E-state index contributed by atoms with van der Waals surface area (Å²) in [5, 5.41) is 36.5. The third-order valence-electron chi connectivity index (χ3n) is 13.8. The Hall–Kier alpha value is -2.31. The van der Waals surface area contributed by atoms with Gasteiger partial charge >= 0.3 is 6.09 Å². The summed E-state index contributed by atoms with van der Waals surface area (Å²) in [5.41, 5.74) is 1.28. The Morgan fingerprint density at radius 2 is 1.48 bits per heavy atom. The fourth-order valence-electron chi connectivity index (χ4n) is 10.7. The molecular formula is C45H69NO14. The summed E-state index contributed by atoms with van der Waals surface area (Å²) < 4.78 is 50.1. The molecule has 0 spiro atoms. The molecule has 18 unspecified atom stereocenters. The molecule has 4 N–H and O–H groups in total. The maximum absolute atomic E-state index is 14.1. The van der Waals surface area contributed by atoms with Crippen molar-refractivity contribution in [3.8, 4) is 0 Å². The number of carbonyl (C=O) groups excluding carboxylic acids is 3. The van der Waals surface area contributed by atoms with Crippen molar-refractivity contribution in [2.75, 3.05) is 13.7 Å². The van der Waals surface area contributed by atoms with Gasteiger partial charge in [-0.2, -0.15) is 0 Å². The quantitative estimate of drug-likeness (QED) is 0.292. The van der Waals surface area contributed by atoms with Gasteiger partial charge in [0.1, 0.15) is 47.7 Å². The lowest BCUT2D eigenvalue weighted by molar-refractivity contribution is -0.259. The van der Waals surface area contributed by atoms with Gasteiger partial charge in [0.2, 0.25) is 0 Å². The molecule has 15 heteroatoms. The van der Waals surface area contributed by atoms with Gasteiger partial charge in [0.25, 0.3) is 0 Å². The van der Waals surface area contributed by atoms with Gasteiger partial charge in [-0.25, -0.2) is 4.79 Å². The normalized spacial score (nSPS) is 43.6. The number of Topliss-reactive ketones (excluding diaryl/α,β-unsaturated/α-hetero) is 2. The van der Waals surface area contributed by atoms with Crippen LogP contribution in [0, 0.1) is 11.8 Å². The molecule has 7 rings (SSSR count). The number of nitrogens with one attached hydrogen (secondary N) is 1. The predicted molar refractivity (Wildman–Crippen MR) is 216 cm³/mol. The molecule has 7 heterocycles. The molecule has 338 valence electrons. The van der Waals surface area contributed by atoms with E-state index in [2.05, 4.69) is 25.4 Å². The highest BCUT2D eigenvalue weighted by Crippen LogP contribution is 2.43. The highest BCUT2D eigenvalue weighted by atomic mass is 16.6. The molecular weight excluding hydrogens is 778 g/mol. The van der Waals surface area contributed by atoms with Crippen molar-refractivity contribution in [2.24, 2.45) is 11.8 Å². The summed E-state index contributed by atoms with van der Waals surface area (Å²) in [6.45, 7) is 16.1. The Kier molecular flexibility index (Phi) is 14.6. The number of aliphatic hydroxyl groups excluding tert-OH is 3. The fourth-order valence-corrected chi connectivity index (χ4v) is 10.7. The topological polar surface area (TPSA) is 198 Å². The maximum atomic E-state index is 14.1. The first-order valence-electron chi connectivity index (χ1n) is 22.3. The Labute approximate surface area is 354 Å². The van der Waals surface area contributed by atoms with Crippen LogP contribution in [0.25, 0.3) is 0 Å². The van der Waals surface area contributed by atoms with E-state index in [9.17, 15) is 29.7 Å². The second kappa shape index (κ2) is 19.2. The molecule has 60 heavy (non-hydrogen) atoms. The van der Waals surface area contributed by atoms with Crippen LogP contribution in [-0.4, -0.2) is 150 Å². The van der Waals surface area contributed by atoms with E-state index in [4.69, 9.17) is 37.9 Å². The van der Waals surface area contributed by atoms with Crippen LogP contribution in [-0.2, 0) is 47.5 Å². The number of fused-ring (bicyclic) bond motifs is 7. The standard InChI is InChI=1S/C45H69NO14/c1-22-14-29-10-12-32-23(2)15-28(54-32)9-8-25(47)18-36-38(50)42-43(59-36)39(51)41-33(58-42)13-11-30(56-41)16-26(48)17-31-35(20-34(55-29)24(22)3)57-37(40(31)53-7)19-27(49)21-46-44(52)60-45(4,5)6/h22,27-43,49-51H,2-3,8-21H2,1,4-7H3,(H,46,52). The van der Waals surface area contributed by atoms with Gasteiger partial charge in [0.15, 0.2) is 0 Å².